The van der Waals surface area contributed by atoms with Gasteiger partial charge in [0.1, 0.15) is 5.82 Å². The van der Waals surface area contributed by atoms with Crippen molar-refractivity contribution in [3.8, 4) is 17.1 Å². The second-order valence-electron chi connectivity index (χ2n) is 8.24. The number of nitrogens with one attached hydrogen (secondary N) is 1. The molecule has 1 atom stereocenters. The summed E-state index contributed by atoms with van der Waals surface area (Å²) in [4.78, 5) is 24.6. The van der Waals surface area contributed by atoms with Crippen LogP contribution >= 0.6 is 11.8 Å². The molecule has 0 saturated carbocycles. The van der Waals surface area contributed by atoms with E-state index in [2.05, 4.69) is 56.8 Å². The number of pyridine rings is 1. The third-order valence-corrected chi connectivity index (χ3v) is 7.09. The van der Waals surface area contributed by atoms with E-state index in [9.17, 15) is 4.79 Å². The fourth-order valence-electron chi connectivity index (χ4n) is 4.24. The van der Waals surface area contributed by atoms with Gasteiger partial charge in [0, 0.05) is 18.0 Å². The lowest BCUT2D eigenvalue weighted by Crippen LogP contribution is -2.13. The van der Waals surface area contributed by atoms with Gasteiger partial charge in [-0.2, -0.15) is 0 Å². The van der Waals surface area contributed by atoms with E-state index >= 15 is 0 Å². The second kappa shape index (κ2) is 9.84. The van der Waals surface area contributed by atoms with Gasteiger partial charge in [0.2, 0.25) is 0 Å². The predicted molar refractivity (Wildman–Crippen MR) is 140 cm³/mol. The van der Waals surface area contributed by atoms with Gasteiger partial charge in [-0.15, -0.1) is 10.2 Å². The summed E-state index contributed by atoms with van der Waals surface area (Å²) in [6.07, 6.45) is 5.32. The van der Waals surface area contributed by atoms with Crippen LogP contribution < -0.4 is 5.56 Å². The van der Waals surface area contributed by atoms with E-state index in [1.807, 2.05) is 37.3 Å². The van der Waals surface area contributed by atoms with Crippen molar-refractivity contribution in [1.29, 1.82) is 0 Å². The third-order valence-electron chi connectivity index (χ3n) is 6.04. The van der Waals surface area contributed by atoms with Crippen molar-refractivity contribution in [3.63, 3.8) is 0 Å². The summed E-state index contributed by atoms with van der Waals surface area (Å²) in [5.74, 6) is 1.35. The van der Waals surface area contributed by atoms with Gasteiger partial charge >= 0.3 is 0 Å². The molecule has 8 heteroatoms. The number of para-hydroxylation sites is 2. The molecule has 35 heavy (non-hydrogen) atoms. The third kappa shape index (κ3) is 4.37. The van der Waals surface area contributed by atoms with Crippen LogP contribution in [0.4, 0.5) is 0 Å². The van der Waals surface area contributed by atoms with Crippen molar-refractivity contribution >= 4 is 22.7 Å². The number of aromatic nitrogens is 6. The van der Waals surface area contributed by atoms with E-state index in [0.717, 1.165) is 35.1 Å². The minimum Gasteiger partial charge on any atom is -0.309 e. The first kappa shape index (κ1) is 23.0. The maximum absolute atomic E-state index is 12.7. The lowest BCUT2D eigenvalue weighted by Gasteiger charge is -2.19. The predicted octanol–water partition coefficient (Wildman–Crippen LogP) is 5.54. The van der Waals surface area contributed by atoms with E-state index in [1.165, 1.54) is 22.9 Å². The summed E-state index contributed by atoms with van der Waals surface area (Å²) in [5, 5.41) is 10.4. The normalized spacial score (nSPS) is 12.2. The SMILES string of the molecule is CCc1cccc(CC)c1-n1c(SC(C)c2nc3ccccc3c(=O)[nH]2)nnc1-c1cccnc1. The van der Waals surface area contributed by atoms with Gasteiger partial charge in [-0.1, -0.05) is 55.9 Å². The first-order valence-electron chi connectivity index (χ1n) is 11.7. The highest BCUT2D eigenvalue weighted by Gasteiger charge is 2.23. The largest absolute Gasteiger partial charge is 0.309 e. The number of thioether (sulfide) groups is 1. The Kier molecular flexibility index (Phi) is 6.46. The second-order valence-corrected chi connectivity index (χ2v) is 9.55. The van der Waals surface area contributed by atoms with Gasteiger partial charge < -0.3 is 4.98 Å². The van der Waals surface area contributed by atoms with Crippen LogP contribution in [0.25, 0.3) is 28.0 Å². The Morgan fingerprint density at radius 3 is 2.46 bits per heavy atom. The standard InChI is InChI=1S/C27H26N6OS/c1-4-18-10-8-11-19(5-2)23(18)33-25(20-12-9-15-28-16-20)31-32-27(33)35-17(3)24-29-22-14-7-6-13-21(22)26(34)30-24/h6-17H,4-5H2,1-3H3,(H,29,30,34). The molecule has 0 amide bonds. The summed E-state index contributed by atoms with van der Waals surface area (Å²) in [7, 11) is 0. The average Bonchev–Trinajstić information content (AvgIpc) is 3.31. The zero-order valence-electron chi connectivity index (χ0n) is 19.9. The van der Waals surface area contributed by atoms with Gasteiger partial charge in [-0.3, -0.25) is 14.3 Å². The lowest BCUT2D eigenvalue weighted by molar-refractivity contribution is 0.843. The fourth-order valence-corrected chi connectivity index (χ4v) is 5.15. The number of hydrogen-bond donors (Lipinski definition) is 1. The van der Waals surface area contributed by atoms with Crippen molar-refractivity contribution in [2.45, 2.75) is 44.0 Å². The van der Waals surface area contributed by atoms with Crippen molar-refractivity contribution in [1.82, 2.24) is 29.7 Å². The van der Waals surface area contributed by atoms with Crippen LogP contribution in [0.3, 0.4) is 0 Å². The number of aromatic amines is 1. The molecule has 2 aromatic carbocycles. The molecule has 0 aliphatic heterocycles. The maximum Gasteiger partial charge on any atom is 0.258 e. The number of hydrogen-bond acceptors (Lipinski definition) is 6. The number of aryl methyl sites for hydroxylation is 2. The van der Waals surface area contributed by atoms with Crippen LogP contribution in [0, 0.1) is 0 Å². The molecule has 0 fully saturated rings. The Balaban J connectivity index is 1.65. The van der Waals surface area contributed by atoms with Crippen LogP contribution in [0.2, 0.25) is 0 Å². The molecule has 0 saturated heterocycles. The van der Waals surface area contributed by atoms with E-state index in [4.69, 9.17) is 4.98 Å². The average molecular weight is 483 g/mol. The van der Waals surface area contributed by atoms with E-state index in [-0.39, 0.29) is 10.8 Å². The Hall–Kier alpha value is -3.78. The highest BCUT2D eigenvalue weighted by atomic mass is 32.2. The van der Waals surface area contributed by atoms with Crippen molar-refractivity contribution in [3.05, 3.63) is 94.3 Å². The Morgan fingerprint density at radius 1 is 0.971 bits per heavy atom. The topological polar surface area (TPSA) is 89.4 Å². The number of fused-ring (bicyclic) bond motifs is 1. The molecule has 3 heterocycles. The lowest BCUT2D eigenvalue weighted by atomic mass is 10.0. The molecule has 0 aliphatic rings. The highest BCUT2D eigenvalue weighted by molar-refractivity contribution is 7.99. The van der Waals surface area contributed by atoms with Gasteiger partial charge in [-0.25, -0.2) is 4.98 Å². The molecule has 5 aromatic rings. The number of benzene rings is 2. The smallest absolute Gasteiger partial charge is 0.258 e. The van der Waals surface area contributed by atoms with Crippen LogP contribution in [-0.2, 0) is 12.8 Å². The number of nitrogens with zero attached hydrogens (tertiary/aromatic N) is 5. The zero-order chi connectivity index (χ0) is 24.4. The maximum atomic E-state index is 12.7. The quantitative estimate of drug-likeness (QED) is 0.306. The minimum absolute atomic E-state index is 0.139. The molecule has 0 spiro atoms. The van der Waals surface area contributed by atoms with Gasteiger partial charge in [0.05, 0.1) is 21.8 Å². The first-order chi connectivity index (χ1) is 17.1. The molecule has 5 rings (SSSR count). The summed E-state index contributed by atoms with van der Waals surface area (Å²) in [6, 6.07) is 17.7. The minimum atomic E-state index is -0.157. The molecule has 1 unspecified atom stereocenters. The first-order valence-corrected chi connectivity index (χ1v) is 12.6. The van der Waals surface area contributed by atoms with Crippen molar-refractivity contribution < 1.29 is 0 Å². The van der Waals surface area contributed by atoms with Gasteiger partial charge in [0.25, 0.3) is 5.56 Å². The Labute approximate surface area is 207 Å². The molecular formula is C27H26N6OS. The fraction of sp³-hybridized carbons (Fsp3) is 0.222. The summed E-state index contributed by atoms with van der Waals surface area (Å²) >= 11 is 1.53. The summed E-state index contributed by atoms with van der Waals surface area (Å²) < 4.78 is 2.13. The molecule has 7 nitrogen and oxygen atoms in total. The van der Waals surface area contributed by atoms with Gasteiger partial charge in [0.15, 0.2) is 11.0 Å². The van der Waals surface area contributed by atoms with Crippen LogP contribution in [0.5, 0.6) is 0 Å². The molecule has 0 aliphatic carbocycles. The number of rotatable bonds is 7. The molecule has 1 N–H and O–H groups in total. The van der Waals surface area contributed by atoms with E-state index in [1.54, 1.807) is 18.5 Å². The Morgan fingerprint density at radius 2 is 1.74 bits per heavy atom. The molecule has 0 radical (unpaired) electrons. The summed E-state index contributed by atoms with van der Waals surface area (Å²) in [6.45, 7) is 6.34. The van der Waals surface area contributed by atoms with Crippen molar-refractivity contribution in [2.75, 3.05) is 0 Å². The van der Waals surface area contributed by atoms with Gasteiger partial charge in [-0.05, 0) is 55.2 Å². The van der Waals surface area contributed by atoms with Crippen LogP contribution in [0.1, 0.15) is 43.0 Å². The van der Waals surface area contributed by atoms with Crippen molar-refractivity contribution in [2.24, 2.45) is 0 Å². The zero-order valence-corrected chi connectivity index (χ0v) is 20.7. The summed E-state index contributed by atoms with van der Waals surface area (Å²) in [5.41, 5.74) is 4.99. The van der Waals surface area contributed by atoms with E-state index < -0.39 is 0 Å². The van der Waals surface area contributed by atoms with E-state index in [0.29, 0.717) is 16.7 Å². The monoisotopic (exact) mass is 482 g/mol. The number of H-pyrrole nitrogens is 1. The molecule has 3 aromatic heterocycles. The molecule has 176 valence electrons. The molecule has 0 bridgehead atoms. The van der Waals surface area contributed by atoms with Crippen LogP contribution in [-0.4, -0.2) is 29.7 Å². The highest BCUT2D eigenvalue weighted by Crippen LogP contribution is 2.37. The molecular weight excluding hydrogens is 456 g/mol. The Bertz CT molecular complexity index is 1520. The van der Waals surface area contributed by atoms with Crippen LogP contribution in [0.15, 0.2) is 76.9 Å².